The topological polar surface area (TPSA) is 32.5 Å². The van der Waals surface area contributed by atoms with Crippen molar-refractivity contribution in [2.24, 2.45) is 17.6 Å². The van der Waals surface area contributed by atoms with Gasteiger partial charge in [0.1, 0.15) is 0 Å². The van der Waals surface area contributed by atoms with E-state index >= 15 is 0 Å². The number of likely N-dealkylation sites (tertiary alicyclic amines) is 2. The lowest BCUT2D eigenvalue weighted by molar-refractivity contribution is 0.219. The molecule has 2 N–H and O–H groups in total. The zero-order valence-corrected chi connectivity index (χ0v) is 10.7. The van der Waals surface area contributed by atoms with Crippen LogP contribution in [0.4, 0.5) is 0 Å². The number of nitrogens with zero attached hydrogens (tertiary/aromatic N) is 2. The van der Waals surface area contributed by atoms with Crippen molar-refractivity contribution in [1.29, 1.82) is 0 Å². The lowest BCUT2D eigenvalue weighted by Crippen LogP contribution is -2.36. The zero-order chi connectivity index (χ0) is 11.4. The summed E-state index contributed by atoms with van der Waals surface area (Å²) in [7, 11) is 0. The summed E-state index contributed by atoms with van der Waals surface area (Å²) in [5.74, 6) is 1.58. The molecule has 2 fully saturated rings. The summed E-state index contributed by atoms with van der Waals surface area (Å²) in [4.78, 5) is 5.18. The van der Waals surface area contributed by atoms with E-state index in [1.54, 1.807) is 0 Å². The van der Waals surface area contributed by atoms with Crippen molar-refractivity contribution in [3.63, 3.8) is 0 Å². The Balaban J connectivity index is 1.80. The molecule has 2 rings (SSSR count). The molecule has 2 atom stereocenters. The Morgan fingerprint density at radius 3 is 2.50 bits per heavy atom. The zero-order valence-electron chi connectivity index (χ0n) is 10.7. The molecule has 0 radical (unpaired) electrons. The fourth-order valence-corrected chi connectivity index (χ4v) is 3.25. The third-order valence-electron chi connectivity index (χ3n) is 4.42. The molecule has 2 aliphatic rings. The molecule has 0 aromatic carbocycles. The van der Waals surface area contributed by atoms with Gasteiger partial charge in [0.05, 0.1) is 0 Å². The minimum Gasteiger partial charge on any atom is -0.330 e. The summed E-state index contributed by atoms with van der Waals surface area (Å²) in [5, 5.41) is 0. The van der Waals surface area contributed by atoms with Crippen molar-refractivity contribution in [3.05, 3.63) is 0 Å². The quantitative estimate of drug-likeness (QED) is 0.757. The second-order valence-corrected chi connectivity index (χ2v) is 5.45. The Labute approximate surface area is 100.0 Å². The third kappa shape index (κ3) is 2.96. The monoisotopic (exact) mass is 225 g/mol. The van der Waals surface area contributed by atoms with E-state index in [2.05, 4.69) is 16.7 Å². The van der Waals surface area contributed by atoms with Crippen molar-refractivity contribution in [3.8, 4) is 0 Å². The first-order valence-corrected chi connectivity index (χ1v) is 6.98. The van der Waals surface area contributed by atoms with Crippen LogP contribution in [0.2, 0.25) is 0 Å². The molecule has 16 heavy (non-hydrogen) atoms. The van der Waals surface area contributed by atoms with Crippen LogP contribution in [-0.2, 0) is 0 Å². The van der Waals surface area contributed by atoms with Crippen molar-refractivity contribution in [2.75, 3.05) is 45.8 Å². The molecule has 2 saturated heterocycles. The van der Waals surface area contributed by atoms with Gasteiger partial charge in [-0.15, -0.1) is 0 Å². The first-order chi connectivity index (χ1) is 7.83. The first kappa shape index (κ1) is 12.3. The smallest absolute Gasteiger partial charge is 0.00249 e. The minimum atomic E-state index is 0.731. The van der Waals surface area contributed by atoms with E-state index < -0.39 is 0 Å². The van der Waals surface area contributed by atoms with E-state index in [0.29, 0.717) is 0 Å². The van der Waals surface area contributed by atoms with Crippen LogP contribution in [-0.4, -0.2) is 55.6 Å². The van der Waals surface area contributed by atoms with Gasteiger partial charge >= 0.3 is 0 Å². The van der Waals surface area contributed by atoms with Crippen LogP contribution in [0.1, 0.15) is 26.2 Å². The predicted octanol–water partition coefficient (Wildman–Crippen LogP) is 0.999. The highest BCUT2D eigenvalue weighted by molar-refractivity contribution is 4.83. The molecule has 0 aromatic rings. The summed E-state index contributed by atoms with van der Waals surface area (Å²) in [6, 6.07) is 0. The van der Waals surface area contributed by atoms with Crippen LogP contribution >= 0.6 is 0 Å². The molecule has 2 unspecified atom stereocenters. The highest BCUT2D eigenvalue weighted by Gasteiger charge is 2.29. The summed E-state index contributed by atoms with van der Waals surface area (Å²) in [6.45, 7) is 10.8. The summed E-state index contributed by atoms with van der Waals surface area (Å²) in [5.41, 5.74) is 5.97. The fraction of sp³-hybridized carbons (Fsp3) is 1.00. The van der Waals surface area contributed by atoms with Crippen LogP contribution in [0.15, 0.2) is 0 Å². The van der Waals surface area contributed by atoms with Crippen LogP contribution < -0.4 is 5.73 Å². The lowest BCUT2D eigenvalue weighted by atomic mass is 9.91. The molecule has 94 valence electrons. The van der Waals surface area contributed by atoms with Crippen LogP contribution in [0.25, 0.3) is 0 Å². The van der Waals surface area contributed by atoms with E-state index in [4.69, 9.17) is 5.73 Å². The first-order valence-electron chi connectivity index (χ1n) is 6.98. The third-order valence-corrected chi connectivity index (χ3v) is 4.42. The van der Waals surface area contributed by atoms with Crippen LogP contribution in [0, 0.1) is 11.8 Å². The minimum absolute atomic E-state index is 0.731. The Morgan fingerprint density at radius 2 is 1.94 bits per heavy atom. The number of hydrogen-bond donors (Lipinski definition) is 1. The predicted molar refractivity (Wildman–Crippen MR) is 68.4 cm³/mol. The van der Waals surface area contributed by atoms with Crippen molar-refractivity contribution in [1.82, 2.24) is 9.80 Å². The highest BCUT2D eigenvalue weighted by Crippen LogP contribution is 2.25. The fourth-order valence-electron chi connectivity index (χ4n) is 3.25. The van der Waals surface area contributed by atoms with Gasteiger partial charge in [0.25, 0.3) is 0 Å². The Morgan fingerprint density at radius 1 is 1.19 bits per heavy atom. The molecule has 2 heterocycles. The maximum atomic E-state index is 5.97. The summed E-state index contributed by atoms with van der Waals surface area (Å²) < 4.78 is 0. The standard InChI is InChI=1S/C13H27N3/c1-2-15-8-5-12(10-15)13(9-14)11-16-6-3-4-7-16/h12-13H,2-11,14H2,1H3. The Kier molecular flexibility index (Phi) is 4.62. The molecular weight excluding hydrogens is 198 g/mol. The highest BCUT2D eigenvalue weighted by atomic mass is 15.2. The van der Waals surface area contributed by atoms with Gasteiger partial charge in [0.2, 0.25) is 0 Å². The van der Waals surface area contributed by atoms with Gasteiger partial charge in [-0.05, 0) is 63.8 Å². The Hall–Kier alpha value is -0.120. The average Bonchev–Trinajstić information content (AvgIpc) is 2.96. The molecule has 0 spiro atoms. The average molecular weight is 225 g/mol. The van der Waals surface area contributed by atoms with Gasteiger partial charge in [-0.2, -0.15) is 0 Å². The van der Waals surface area contributed by atoms with Crippen LogP contribution in [0.5, 0.6) is 0 Å². The van der Waals surface area contributed by atoms with Gasteiger partial charge in [0, 0.05) is 13.1 Å². The maximum absolute atomic E-state index is 5.97. The maximum Gasteiger partial charge on any atom is 0.00249 e. The molecule has 0 aliphatic carbocycles. The largest absolute Gasteiger partial charge is 0.330 e. The molecule has 3 heteroatoms. The molecule has 3 nitrogen and oxygen atoms in total. The van der Waals surface area contributed by atoms with Gasteiger partial charge in [-0.25, -0.2) is 0 Å². The molecule has 0 aromatic heterocycles. The van der Waals surface area contributed by atoms with Crippen molar-refractivity contribution < 1.29 is 0 Å². The molecule has 2 aliphatic heterocycles. The van der Waals surface area contributed by atoms with Crippen LogP contribution in [0.3, 0.4) is 0 Å². The normalized spacial score (nSPS) is 30.0. The van der Waals surface area contributed by atoms with E-state index in [1.165, 1.54) is 58.5 Å². The van der Waals surface area contributed by atoms with E-state index in [1.807, 2.05) is 0 Å². The van der Waals surface area contributed by atoms with Crippen molar-refractivity contribution >= 4 is 0 Å². The van der Waals surface area contributed by atoms with E-state index in [-0.39, 0.29) is 0 Å². The second kappa shape index (κ2) is 5.99. The van der Waals surface area contributed by atoms with Gasteiger partial charge in [0.15, 0.2) is 0 Å². The van der Waals surface area contributed by atoms with E-state index in [0.717, 1.165) is 18.4 Å². The van der Waals surface area contributed by atoms with Gasteiger partial charge in [-0.1, -0.05) is 6.92 Å². The summed E-state index contributed by atoms with van der Waals surface area (Å²) >= 11 is 0. The number of hydrogen-bond acceptors (Lipinski definition) is 3. The number of rotatable bonds is 5. The SMILES string of the molecule is CCN1CCC(C(CN)CN2CCCC2)C1. The summed E-state index contributed by atoms with van der Waals surface area (Å²) in [6.07, 6.45) is 4.15. The van der Waals surface area contributed by atoms with E-state index in [9.17, 15) is 0 Å². The Bertz CT molecular complexity index is 201. The van der Waals surface area contributed by atoms with Gasteiger partial charge in [-0.3, -0.25) is 0 Å². The van der Waals surface area contributed by atoms with Gasteiger partial charge < -0.3 is 15.5 Å². The second-order valence-electron chi connectivity index (χ2n) is 5.45. The molecule has 0 bridgehead atoms. The lowest BCUT2D eigenvalue weighted by Gasteiger charge is -2.27. The molecule has 0 saturated carbocycles. The van der Waals surface area contributed by atoms with Crippen molar-refractivity contribution in [2.45, 2.75) is 26.2 Å². The molecular formula is C13H27N3. The molecule has 0 amide bonds. The number of nitrogens with two attached hydrogens (primary N) is 1.